The Bertz CT molecular complexity index is 497. The molecule has 2 atom stereocenters. The number of hydrogen-bond donors (Lipinski definition) is 1. The summed E-state index contributed by atoms with van der Waals surface area (Å²) in [6, 6.07) is 0. The van der Waals surface area contributed by atoms with Crippen LogP contribution in [0, 0.1) is 5.92 Å². The summed E-state index contributed by atoms with van der Waals surface area (Å²) in [4.78, 5) is 9.86. The van der Waals surface area contributed by atoms with Crippen molar-refractivity contribution in [1.82, 2.24) is 9.97 Å². The third-order valence-electron chi connectivity index (χ3n) is 5.04. The molecule has 2 aliphatic rings. The lowest BCUT2D eigenvalue weighted by atomic mass is 10.0. The van der Waals surface area contributed by atoms with Crippen LogP contribution >= 0.6 is 15.9 Å². The van der Waals surface area contributed by atoms with E-state index >= 15 is 0 Å². The Labute approximate surface area is 136 Å². The molecule has 2 fully saturated rings. The average molecular weight is 352 g/mol. The second kappa shape index (κ2) is 6.64. The Balaban J connectivity index is 1.95. The molecule has 0 spiro atoms. The number of halogens is 1. The summed E-state index contributed by atoms with van der Waals surface area (Å²) in [6.07, 6.45) is 9.05. The normalized spacial score (nSPS) is 26.4. The van der Waals surface area contributed by atoms with Gasteiger partial charge in [0.25, 0.3) is 0 Å². The minimum atomic E-state index is 0.561. The molecule has 2 unspecified atom stereocenters. The van der Waals surface area contributed by atoms with E-state index in [9.17, 15) is 0 Å². The zero-order chi connectivity index (χ0) is 14.8. The number of anilines is 1. The van der Waals surface area contributed by atoms with Gasteiger partial charge in [-0.2, -0.15) is 0 Å². The zero-order valence-corrected chi connectivity index (χ0v) is 14.7. The highest BCUT2D eigenvalue weighted by Crippen LogP contribution is 2.42. The Kier molecular flexibility index (Phi) is 4.82. The smallest absolute Gasteiger partial charge is 0.144 e. The van der Waals surface area contributed by atoms with E-state index in [4.69, 9.17) is 9.97 Å². The fourth-order valence-corrected chi connectivity index (χ4v) is 4.50. The van der Waals surface area contributed by atoms with Gasteiger partial charge >= 0.3 is 0 Å². The molecule has 0 radical (unpaired) electrons. The van der Waals surface area contributed by atoms with Crippen LogP contribution in [-0.2, 0) is 0 Å². The van der Waals surface area contributed by atoms with Gasteiger partial charge in [-0.1, -0.05) is 19.8 Å². The van der Waals surface area contributed by atoms with Crippen LogP contribution in [0.15, 0.2) is 4.47 Å². The van der Waals surface area contributed by atoms with Crippen molar-refractivity contribution in [2.75, 3.05) is 11.9 Å². The maximum Gasteiger partial charge on any atom is 0.144 e. The molecular weight excluding hydrogens is 326 g/mol. The molecule has 0 bridgehead atoms. The second-order valence-electron chi connectivity index (χ2n) is 6.76. The number of rotatable bonds is 4. The monoisotopic (exact) mass is 351 g/mol. The first-order valence-electron chi connectivity index (χ1n) is 8.50. The van der Waals surface area contributed by atoms with Crippen molar-refractivity contribution in [3.05, 3.63) is 16.0 Å². The summed E-state index contributed by atoms with van der Waals surface area (Å²) < 4.78 is 1.10. The highest BCUT2D eigenvalue weighted by Gasteiger charge is 2.29. The zero-order valence-electron chi connectivity index (χ0n) is 13.2. The van der Waals surface area contributed by atoms with E-state index in [0.29, 0.717) is 11.8 Å². The predicted molar refractivity (Wildman–Crippen MR) is 90.9 cm³/mol. The second-order valence-corrected chi connectivity index (χ2v) is 7.55. The third kappa shape index (κ3) is 3.25. The minimum Gasteiger partial charge on any atom is -0.369 e. The van der Waals surface area contributed by atoms with Crippen molar-refractivity contribution in [1.29, 1.82) is 0 Å². The predicted octanol–water partition coefficient (Wildman–Crippen LogP) is 5.23. The van der Waals surface area contributed by atoms with Crippen LogP contribution in [0.3, 0.4) is 0 Å². The van der Waals surface area contributed by atoms with Crippen molar-refractivity contribution in [2.45, 2.75) is 70.6 Å². The summed E-state index contributed by atoms with van der Waals surface area (Å²) >= 11 is 3.76. The molecule has 3 nitrogen and oxygen atoms in total. The molecule has 0 saturated heterocycles. The first-order valence-corrected chi connectivity index (χ1v) is 9.29. The molecule has 1 aromatic heterocycles. The fourth-order valence-electron chi connectivity index (χ4n) is 3.86. The quantitative estimate of drug-likeness (QED) is 0.806. The molecule has 0 amide bonds. The maximum atomic E-state index is 5.02. The van der Waals surface area contributed by atoms with Gasteiger partial charge in [0.2, 0.25) is 0 Å². The number of nitrogens with zero attached hydrogens (tertiary/aromatic N) is 2. The molecule has 2 saturated carbocycles. The maximum absolute atomic E-state index is 5.02. The van der Waals surface area contributed by atoms with Crippen molar-refractivity contribution in [2.24, 2.45) is 5.92 Å². The molecule has 1 heterocycles. The van der Waals surface area contributed by atoms with Crippen LogP contribution in [-0.4, -0.2) is 16.5 Å². The van der Waals surface area contributed by atoms with Crippen molar-refractivity contribution < 1.29 is 0 Å². The molecule has 1 N–H and O–H groups in total. The highest BCUT2D eigenvalue weighted by atomic mass is 79.9. The van der Waals surface area contributed by atoms with E-state index in [1.54, 1.807) is 0 Å². The molecular formula is C17H26BrN3. The van der Waals surface area contributed by atoms with Crippen LogP contribution in [0.5, 0.6) is 0 Å². The van der Waals surface area contributed by atoms with Crippen LogP contribution in [0.2, 0.25) is 0 Å². The molecule has 4 heteroatoms. The van der Waals surface area contributed by atoms with Gasteiger partial charge < -0.3 is 5.32 Å². The van der Waals surface area contributed by atoms with Gasteiger partial charge in [-0.3, -0.25) is 0 Å². The van der Waals surface area contributed by atoms with E-state index < -0.39 is 0 Å². The third-order valence-corrected chi connectivity index (χ3v) is 5.82. The number of aromatic nitrogens is 2. The SMILES string of the molecule is CCNc1nc(C2CCC(C)C2)nc(C2CCCC2)c1Br. The first-order chi connectivity index (χ1) is 10.2. The summed E-state index contributed by atoms with van der Waals surface area (Å²) in [7, 11) is 0. The lowest BCUT2D eigenvalue weighted by Crippen LogP contribution is -2.12. The highest BCUT2D eigenvalue weighted by molar-refractivity contribution is 9.10. The van der Waals surface area contributed by atoms with E-state index in [1.165, 1.54) is 50.6 Å². The molecule has 3 rings (SSSR count). The Hall–Kier alpha value is -0.640. The molecule has 116 valence electrons. The van der Waals surface area contributed by atoms with E-state index in [-0.39, 0.29) is 0 Å². The van der Waals surface area contributed by atoms with Gasteiger partial charge in [0.05, 0.1) is 10.2 Å². The van der Waals surface area contributed by atoms with E-state index in [0.717, 1.165) is 28.6 Å². The first kappa shape index (κ1) is 15.3. The minimum absolute atomic E-state index is 0.561. The number of nitrogens with one attached hydrogen (secondary N) is 1. The Morgan fingerprint density at radius 3 is 2.48 bits per heavy atom. The van der Waals surface area contributed by atoms with Gasteiger partial charge in [0.1, 0.15) is 11.6 Å². The van der Waals surface area contributed by atoms with Crippen molar-refractivity contribution >= 4 is 21.7 Å². The van der Waals surface area contributed by atoms with Crippen LogP contribution in [0.1, 0.15) is 82.1 Å². The average Bonchev–Trinajstić information content (AvgIpc) is 3.12. The topological polar surface area (TPSA) is 37.8 Å². The standard InChI is InChI=1S/C17H26BrN3/c1-3-19-17-14(18)15(12-6-4-5-7-12)20-16(21-17)13-9-8-11(2)10-13/h11-13H,3-10H2,1-2H3,(H,19,20,21). The lowest BCUT2D eigenvalue weighted by molar-refractivity contribution is 0.579. The molecule has 21 heavy (non-hydrogen) atoms. The molecule has 0 aromatic carbocycles. The fraction of sp³-hybridized carbons (Fsp3) is 0.765. The van der Waals surface area contributed by atoms with Gasteiger partial charge in [-0.05, 0) is 60.9 Å². The van der Waals surface area contributed by atoms with Crippen LogP contribution in [0.4, 0.5) is 5.82 Å². The van der Waals surface area contributed by atoms with Gasteiger partial charge in [-0.25, -0.2) is 9.97 Å². The largest absolute Gasteiger partial charge is 0.369 e. The van der Waals surface area contributed by atoms with Crippen molar-refractivity contribution in [3.8, 4) is 0 Å². The van der Waals surface area contributed by atoms with Crippen LogP contribution in [0.25, 0.3) is 0 Å². The van der Waals surface area contributed by atoms with Gasteiger partial charge in [0, 0.05) is 18.4 Å². The molecule has 0 aliphatic heterocycles. The van der Waals surface area contributed by atoms with Gasteiger partial charge in [-0.15, -0.1) is 0 Å². The summed E-state index contributed by atoms with van der Waals surface area (Å²) in [6.45, 7) is 5.38. The summed E-state index contributed by atoms with van der Waals surface area (Å²) in [5, 5.41) is 3.42. The molecule has 1 aromatic rings. The summed E-state index contributed by atoms with van der Waals surface area (Å²) in [5.41, 5.74) is 1.26. The van der Waals surface area contributed by atoms with Crippen LogP contribution < -0.4 is 5.32 Å². The van der Waals surface area contributed by atoms with Crippen molar-refractivity contribution in [3.63, 3.8) is 0 Å². The Morgan fingerprint density at radius 2 is 1.86 bits per heavy atom. The molecule has 2 aliphatic carbocycles. The van der Waals surface area contributed by atoms with Gasteiger partial charge in [0.15, 0.2) is 0 Å². The van der Waals surface area contributed by atoms with E-state index in [1.807, 2.05) is 0 Å². The summed E-state index contributed by atoms with van der Waals surface area (Å²) in [5.74, 6) is 4.09. The van der Waals surface area contributed by atoms with E-state index in [2.05, 4.69) is 35.1 Å². The number of hydrogen-bond acceptors (Lipinski definition) is 3. The Morgan fingerprint density at radius 1 is 1.10 bits per heavy atom. The lowest BCUT2D eigenvalue weighted by Gasteiger charge is -2.18.